The van der Waals surface area contributed by atoms with Gasteiger partial charge in [-0.05, 0) is 50.1 Å². The van der Waals surface area contributed by atoms with Crippen molar-refractivity contribution >= 4 is 35.0 Å². The molecule has 150 valence electrons. The first-order valence-electron chi connectivity index (χ1n) is 9.40. The molecule has 4 rings (SSSR count). The summed E-state index contributed by atoms with van der Waals surface area (Å²) in [7, 11) is 0. The van der Waals surface area contributed by atoms with Crippen molar-refractivity contribution in [2.24, 2.45) is 0 Å². The molecule has 0 saturated carbocycles. The molecule has 0 aliphatic heterocycles. The molecule has 0 radical (unpaired) electrons. The molecule has 0 bridgehead atoms. The number of benzene rings is 2. The SMILES string of the molecule is Cc1ccc(Cn2c(C)c(C)c3nccc(COc4ccccc4Cl)c32)cc1.Cl. The Hall–Kier alpha value is -2.49. The molecular formula is C24H24Cl2N2O. The van der Waals surface area contributed by atoms with Gasteiger partial charge in [-0.25, -0.2) is 0 Å². The van der Waals surface area contributed by atoms with E-state index in [1.165, 1.54) is 22.4 Å². The van der Waals surface area contributed by atoms with E-state index in [0.29, 0.717) is 17.4 Å². The maximum Gasteiger partial charge on any atom is 0.138 e. The van der Waals surface area contributed by atoms with E-state index in [2.05, 4.69) is 54.6 Å². The van der Waals surface area contributed by atoms with Crippen molar-refractivity contribution in [1.29, 1.82) is 0 Å². The van der Waals surface area contributed by atoms with Crippen molar-refractivity contribution in [1.82, 2.24) is 9.55 Å². The van der Waals surface area contributed by atoms with Gasteiger partial charge >= 0.3 is 0 Å². The standard InChI is InChI=1S/C24H23ClN2O.ClH/c1-16-8-10-19(11-9-16)14-27-18(3)17(2)23-24(27)20(12-13-26-23)15-28-22-7-5-4-6-21(22)25;/h4-13H,14-15H2,1-3H3;1H. The van der Waals surface area contributed by atoms with Crippen LogP contribution in [0.2, 0.25) is 5.02 Å². The van der Waals surface area contributed by atoms with Crippen LogP contribution in [0.4, 0.5) is 0 Å². The fourth-order valence-corrected chi connectivity index (χ4v) is 3.71. The number of nitrogens with zero attached hydrogens (tertiary/aromatic N) is 2. The van der Waals surface area contributed by atoms with Gasteiger partial charge in [0.05, 0.1) is 16.1 Å². The zero-order valence-electron chi connectivity index (χ0n) is 16.8. The molecule has 4 aromatic rings. The van der Waals surface area contributed by atoms with Gasteiger partial charge in [-0.2, -0.15) is 0 Å². The average Bonchev–Trinajstić information content (AvgIpc) is 2.94. The van der Waals surface area contributed by atoms with Gasteiger partial charge in [-0.15, -0.1) is 12.4 Å². The van der Waals surface area contributed by atoms with E-state index in [-0.39, 0.29) is 12.4 Å². The summed E-state index contributed by atoms with van der Waals surface area (Å²) in [6, 6.07) is 18.3. The van der Waals surface area contributed by atoms with Crippen LogP contribution in [0.5, 0.6) is 5.75 Å². The molecule has 29 heavy (non-hydrogen) atoms. The number of aryl methyl sites for hydroxylation is 2. The number of halogens is 2. The third-order valence-corrected chi connectivity index (χ3v) is 5.57. The molecule has 0 fully saturated rings. The molecule has 0 aliphatic carbocycles. The maximum absolute atomic E-state index is 6.25. The van der Waals surface area contributed by atoms with Gasteiger partial charge in [-0.1, -0.05) is 53.6 Å². The van der Waals surface area contributed by atoms with Crippen molar-refractivity contribution in [2.45, 2.75) is 33.9 Å². The van der Waals surface area contributed by atoms with Crippen molar-refractivity contribution < 1.29 is 4.74 Å². The number of aromatic nitrogens is 2. The third kappa shape index (κ3) is 4.26. The van der Waals surface area contributed by atoms with E-state index in [1.54, 1.807) is 0 Å². The first-order valence-corrected chi connectivity index (χ1v) is 9.78. The van der Waals surface area contributed by atoms with E-state index in [0.717, 1.165) is 23.1 Å². The molecule has 2 aromatic carbocycles. The molecule has 0 saturated heterocycles. The van der Waals surface area contributed by atoms with Crippen LogP contribution < -0.4 is 4.74 Å². The molecule has 3 nitrogen and oxygen atoms in total. The first-order chi connectivity index (χ1) is 13.5. The second-order valence-corrected chi connectivity index (χ2v) is 7.58. The summed E-state index contributed by atoms with van der Waals surface area (Å²) in [6.07, 6.45) is 1.86. The maximum atomic E-state index is 6.25. The highest BCUT2D eigenvalue weighted by Gasteiger charge is 2.16. The molecular weight excluding hydrogens is 403 g/mol. The Morgan fingerprint density at radius 3 is 2.41 bits per heavy atom. The van der Waals surface area contributed by atoms with Crippen LogP contribution in [0.25, 0.3) is 11.0 Å². The molecule has 0 atom stereocenters. The van der Waals surface area contributed by atoms with Gasteiger partial charge in [-0.3, -0.25) is 4.98 Å². The summed E-state index contributed by atoms with van der Waals surface area (Å²) < 4.78 is 8.37. The lowest BCUT2D eigenvalue weighted by atomic mass is 10.1. The van der Waals surface area contributed by atoms with Crippen molar-refractivity contribution in [3.05, 3.63) is 93.8 Å². The Morgan fingerprint density at radius 1 is 0.966 bits per heavy atom. The molecule has 5 heteroatoms. The lowest BCUT2D eigenvalue weighted by molar-refractivity contribution is 0.307. The van der Waals surface area contributed by atoms with Crippen molar-refractivity contribution in [3.8, 4) is 5.75 Å². The van der Waals surface area contributed by atoms with Crippen LogP contribution in [-0.4, -0.2) is 9.55 Å². The molecule has 0 amide bonds. The monoisotopic (exact) mass is 426 g/mol. The highest BCUT2D eigenvalue weighted by molar-refractivity contribution is 6.32. The Kier molecular flexibility index (Phi) is 6.51. The Bertz CT molecular complexity index is 1130. The zero-order chi connectivity index (χ0) is 19.7. The Labute approximate surface area is 182 Å². The fourth-order valence-electron chi connectivity index (χ4n) is 3.52. The van der Waals surface area contributed by atoms with Crippen molar-refractivity contribution in [2.75, 3.05) is 0 Å². The number of para-hydroxylation sites is 1. The lowest BCUT2D eigenvalue weighted by Crippen LogP contribution is -2.05. The summed E-state index contributed by atoms with van der Waals surface area (Å²) in [4.78, 5) is 4.65. The van der Waals surface area contributed by atoms with Gasteiger partial charge in [0.25, 0.3) is 0 Å². The Morgan fingerprint density at radius 2 is 1.69 bits per heavy atom. The van der Waals surface area contributed by atoms with Crippen LogP contribution in [-0.2, 0) is 13.2 Å². The number of hydrogen-bond donors (Lipinski definition) is 0. The van der Waals surface area contributed by atoms with E-state index in [4.69, 9.17) is 16.3 Å². The number of rotatable bonds is 5. The molecule has 0 N–H and O–H groups in total. The van der Waals surface area contributed by atoms with E-state index in [9.17, 15) is 0 Å². The number of pyridine rings is 1. The quantitative estimate of drug-likeness (QED) is 0.356. The predicted molar refractivity (Wildman–Crippen MR) is 123 cm³/mol. The fraction of sp³-hybridized carbons (Fsp3) is 0.208. The minimum absolute atomic E-state index is 0. The van der Waals surface area contributed by atoms with Crippen LogP contribution >= 0.6 is 24.0 Å². The number of ether oxygens (including phenoxy) is 1. The number of fused-ring (bicyclic) bond motifs is 1. The predicted octanol–water partition coefficient (Wildman–Crippen LogP) is 6.66. The van der Waals surface area contributed by atoms with Crippen molar-refractivity contribution in [3.63, 3.8) is 0 Å². The molecule has 0 aliphatic rings. The Balaban J connectivity index is 0.00000240. The van der Waals surface area contributed by atoms with Gasteiger partial charge in [0.2, 0.25) is 0 Å². The summed E-state index contributed by atoms with van der Waals surface area (Å²) >= 11 is 6.25. The summed E-state index contributed by atoms with van der Waals surface area (Å²) in [6.45, 7) is 7.65. The highest BCUT2D eigenvalue weighted by Crippen LogP contribution is 2.29. The minimum atomic E-state index is 0. The highest BCUT2D eigenvalue weighted by atomic mass is 35.5. The summed E-state index contributed by atoms with van der Waals surface area (Å²) in [5, 5.41) is 0.621. The van der Waals surface area contributed by atoms with Gasteiger partial charge in [0.15, 0.2) is 0 Å². The van der Waals surface area contributed by atoms with Crippen LogP contribution in [0, 0.1) is 20.8 Å². The normalized spacial score (nSPS) is 10.8. The second kappa shape index (κ2) is 8.89. The van der Waals surface area contributed by atoms with E-state index in [1.807, 2.05) is 36.5 Å². The van der Waals surface area contributed by atoms with E-state index < -0.39 is 0 Å². The van der Waals surface area contributed by atoms with Crippen LogP contribution in [0.15, 0.2) is 60.8 Å². The van der Waals surface area contributed by atoms with Crippen LogP contribution in [0.1, 0.15) is 27.9 Å². The van der Waals surface area contributed by atoms with Crippen LogP contribution in [0.3, 0.4) is 0 Å². The largest absolute Gasteiger partial charge is 0.487 e. The second-order valence-electron chi connectivity index (χ2n) is 7.17. The molecule has 0 unspecified atom stereocenters. The molecule has 2 heterocycles. The zero-order valence-corrected chi connectivity index (χ0v) is 18.3. The smallest absolute Gasteiger partial charge is 0.138 e. The average molecular weight is 427 g/mol. The van der Waals surface area contributed by atoms with Gasteiger partial charge < -0.3 is 9.30 Å². The first kappa shape index (κ1) is 21.2. The number of hydrogen-bond acceptors (Lipinski definition) is 2. The lowest BCUT2D eigenvalue weighted by Gasteiger charge is -2.13. The van der Waals surface area contributed by atoms with Gasteiger partial charge in [0.1, 0.15) is 12.4 Å². The topological polar surface area (TPSA) is 27.1 Å². The van der Waals surface area contributed by atoms with Gasteiger partial charge in [0, 0.05) is 24.0 Å². The summed E-state index contributed by atoms with van der Waals surface area (Å²) in [5.74, 6) is 0.694. The van der Waals surface area contributed by atoms with E-state index >= 15 is 0 Å². The minimum Gasteiger partial charge on any atom is -0.487 e. The third-order valence-electron chi connectivity index (χ3n) is 5.26. The molecule has 0 spiro atoms. The summed E-state index contributed by atoms with van der Waals surface area (Å²) in [5.41, 5.74) is 8.25. The molecule has 2 aromatic heterocycles.